The summed E-state index contributed by atoms with van der Waals surface area (Å²) in [4.78, 5) is 2.55. The number of hydrogen-bond donors (Lipinski definition) is 1. The number of anilines is 1. The molecule has 112 valence electrons. The summed E-state index contributed by atoms with van der Waals surface area (Å²) in [5, 5.41) is 6.27. The number of nitrogens with zero attached hydrogens (tertiary/aromatic N) is 1. The molecule has 2 heteroatoms. The summed E-state index contributed by atoms with van der Waals surface area (Å²) in [5.74, 6) is 0. The van der Waals surface area contributed by atoms with Gasteiger partial charge in [0.15, 0.2) is 0 Å². The molecule has 1 fully saturated rings. The molecule has 0 radical (unpaired) electrons. The predicted octanol–water partition coefficient (Wildman–Crippen LogP) is 4.06. The van der Waals surface area contributed by atoms with E-state index in [-0.39, 0.29) is 0 Å². The molecule has 0 spiro atoms. The van der Waals surface area contributed by atoms with Crippen LogP contribution in [0.2, 0.25) is 0 Å². The molecule has 3 rings (SSSR count). The van der Waals surface area contributed by atoms with Crippen LogP contribution in [0.15, 0.2) is 42.5 Å². The predicted molar refractivity (Wildman–Crippen MR) is 92.0 cm³/mol. The van der Waals surface area contributed by atoms with Crippen LogP contribution < -0.4 is 10.2 Å². The molecule has 1 atom stereocenters. The Labute approximate surface area is 128 Å². The normalized spacial score (nSPS) is 22.4. The summed E-state index contributed by atoms with van der Waals surface area (Å²) in [6.45, 7) is 9.19. The van der Waals surface area contributed by atoms with Crippen molar-refractivity contribution < 1.29 is 0 Å². The van der Waals surface area contributed by atoms with Crippen molar-refractivity contribution in [2.45, 2.75) is 26.7 Å². The van der Waals surface area contributed by atoms with Crippen LogP contribution in [0, 0.1) is 5.41 Å². The fraction of sp³-hybridized carbons (Fsp3) is 0.474. The highest BCUT2D eigenvalue weighted by Crippen LogP contribution is 2.32. The highest BCUT2D eigenvalue weighted by Gasteiger charge is 2.29. The SMILES string of the molecule is CCN(CC1(C)CCCNC1)c1cccc2ccccc12. The van der Waals surface area contributed by atoms with Crippen LogP contribution in [0.5, 0.6) is 0 Å². The van der Waals surface area contributed by atoms with E-state index in [1.54, 1.807) is 0 Å². The first kappa shape index (κ1) is 14.4. The van der Waals surface area contributed by atoms with Gasteiger partial charge >= 0.3 is 0 Å². The minimum absolute atomic E-state index is 0.380. The van der Waals surface area contributed by atoms with E-state index in [2.05, 4.69) is 66.5 Å². The van der Waals surface area contributed by atoms with Crippen molar-refractivity contribution in [2.24, 2.45) is 5.41 Å². The van der Waals surface area contributed by atoms with Gasteiger partial charge in [-0.05, 0) is 43.2 Å². The van der Waals surface area contributed by atoms with Crippen LogP contribution >= 0.6 is 0 Å². The zero-order valence-corrected chi connectivity index (χ0v) is 13.2. The van der Waals surface area contributed by atoms with Gasteiger partial charge in [0, 0.05) is 30.7 Å². The lowest BCUT2D eigenvalue weighted by atomic mass is 9.82. The van der Waals surface area contributed by atoms with Gasteiger partial charge in [0.05, 0.1) is 0 Å². The number of nitrogens with one attached hydrogen (secondary N) is 1. The Balaban J connectivity index is 1.91. The first-order valence-electron chi connectivity index (χ1n) is 8.15. The van der Waals surface area contributed by atoms with Crippen molar-refractivity contribution in [1.29, 1.82) is 0 Å². The zero-order chi connectivity index (χ0) is 14.7. The number of hydrogen-bond acceptors (Lipinski definition) is 2. The van der Waals surface area contributed by atoms with Crippen LogP contribution in [0.25, 0.3) is 10.8 Å². The molecule has 1 unspecified atom stereocenters. The third-order valence-corrected chi connectivity index (χ3v) is 4.75. The molecule has 1 saturated heterocycles. The van der Waals surface area contributed by atoms with Crippen LogP contribution in [0.4, 0.5) is 5.69 Å². The van der Waals surface area contributed by atoms with Crippen LogP contribution in [-0.4, -0.2) is 26.2 Å². The Hall–Kier alpha value is -1.54. The summed E-state index contributed by atoms with van der Waals surface area (Å²) >= 11 is 0. The summed E-state index contributed by atoms with van der Waals surface area (Å²) in [7, 11) is 0. The maximum atomic E-state index is 3.57. The molecule has 1 aliphatic rings. The average Bonchev–Trinajstić information content (AvgIpc) is 2.53. The Morgan fingerprint density at radius 2 is 1.95 bits per heavy atom. The van der Waals surface area contributed by atoms with Crippen molar-refractivity contribution in [3.8, 4) is 0 Å². The molecule has 0 aliphatic carbocycles. The van der Waals surface area contributed by atoms with Crippen molar-refractivity contribution >= 4 is 16.5 Å². The van der Waals surface area contributed by atoms with Gasteiger partial charge in [0.1, 0.15) is 0 Å². The van der Waals surface area contributed by atoms with E-state index in [0.717, 1.165) is 19.6 Å². The molecule has 1 heterocycles. The highest BCUT2D eigenvalue weighted by molar-refractivity contribution is 5.94. The quantitative estimate of drug-likeness (QED) is 0.910. The zero-order valence-electron chi connectivity index (χ0n) is 13.2. The Morgan fingerprint density at radius 1 is 1.14 bits per heavy atom. The van der Waals surface area contributed by atoms with Gasteiger partial charge in [-0.15, -0.1) is 0 Å². The fourth-order valence-corrected chi connectivity index (χ4v) is 3.57. The second kappa shape index (κ2) is 6.07. The Morgan fingerprint density at radius 3 is 2.71 bits per heavy atom. The molecule has 0 aromatic heterocycles. The van der Waals surface area contributed by atoms with Crippen LogP contribution in [0.3, 0.4) is 0 Å². The number of rotatable bonds is 4. The van der Waals surface area contributed by atoms with Gasteiger partial charge in [-0.2, -0.15) is 0 Å². The maximum Gasteiger partial charge on any atom is 0.0445 e. The van der Waals surface area contributed by atoms with E-state index in [9.17, 15) is 0 Å². The molecule has 0 amide bonds. The molecule has 2 aromatic rings. The van der Waals surface area contributed by atoms with E-state index in [0.29, 0.717) is 5.41 Å². The number of fused-ring (bicyclic) bond motifs is 1. The second-order valence-corrected chi connectivity index (χ2v) is 6.60. The molecule has 2 nitrogen and oxygen atoms in total. The highest BCUT2D eigenvalue weighted by atomic mass is 15.1. The largest absolute Gasteiger partial charge is 0.371 e. The van der Waals surface area contributed by atoms with E-state index >= 15 is 0 Å². The van der Waals surface area contributed by atoms with Crippen molar-refractivity contribution in [3.63, 3.8) is 0 Å². The van der Waals surface area contributed by atoms with Gasteiger partial charge in [-0.25, -0.2) is 0 Å². The summed E-state index contributed by atoms with van der Waals surface area (Å²) in [6.07, 6.45) is 2.62. The third kappa shape index (κ3) is 3.06. The maximum absolute atomic E-state index is 3.57. The van der Waals surface area contributed by atoms with Crippen molar-refractivity contribution in [1.82, 2.24) is 5.32 Å². The van der Waals surface area contributed by atoms with Gasteiger partial charge < -0.3 is 10.2 Å². The molecule has 21 heavy (non-hydrogen) atoms. The standard InChI is InChI=1S/C19H26N2/c1-3-21(15-19(2)12-7-13-20-14-19)18-11-6-9-16-8-4-5-10-17(16)18/h4-6,8-11,20H,3,7,12-15H2,1-2H3. The minimum atomic E-state index is 0.380. The average molecular weight is 282 g/mol. The lowest BCUT2D eigenvalue weighted by Gasteiger charge is -2.39. The van der Waals surface area contributed by atoms with E-state index in [4.69, 9.17) is 0 Å². The smallest absolute Gasteiger partial charge is 0.0445 e. The molecule has 1 aliphatic heterocycles. The Bertz CT molecular complexity index is 594. The van der Waals surface area contributed by atoms with Crippen LogP contribution in [0.1, 0.15) is 26.7 Å². The molecular formula is C19H26N2. The number of piperidine rings is 1. The first-order valence-corrected chi connectivity index (χ1v) is 8.15. The van der Waals surface area contributed by atoms with Gasteiger partial charge in [0.2, 0.25) is 0 Å². The molecule has 0 saturated carbocycles. The Kier molecular flexibility index (Phi) is 4.16. The lowest BCUT2D eigenvalue weighted by molar-refractivity contribution is 0.241. The lowest BCUT2D eigenvalue weighted by Crippen LogP contribution is -2.46. The van der Waals surface area contributed by atoms with E-state index < -0.39 is 0 Å². The first-order chi connectivity index (χ1) is 10.2. The van der Waals surface area contributed by atoms with Gasteiger partial charge in [-0.1, -0.05) is 43.3 Å². The molecule has 2 aromatic carbocycles. The topological polar surface area (TPSA) is 15.3 Å². The van der Waals surface area contributed by atoms with Crippen molar-refractivity contribution in [2.75, 3.05) is 31.1 Å². The van der Waals surface area contributed by atoms with Crippen LogP contribution in [-0.2, 0) is 0 Å². The van der Waals surface area contributed by atoms with Crippen molar-refractivity contribution in [3.05, 3.63) is 42.5 Å². The van der Waals surface area contributed by atoms with Gasteiger partial charge in [0.25, 0.3) is 0 Å². The molecule has 0 bridgehead atoms. The summed E-state index contributed by atoms with van der Waals surface area (Å²) in [5.41, 5.74) is 1.76. The summed E-state index contributed by atoms with van der Waals surface area (Å²) < 4.78 is 0. The number of benzene rings is 2. The summed E-state index contributed by atoms with van der Waals surface area (Å²) in [6, 6.07) is 15.4. The second-order valence-electron chi connectivity index (χ2n) is 6.60. The van der Waals surface area contributed by atoms with E-state index in [1.165, 1.54) is 35.8 Å². The van der Waals surface area contributed by atoms with Gasteiger partial charge in [-0.3, -0.25) is 0 Å². The van der Waals surface area contributed by atoms with E-state index in [1.807, 2.05) is 0 Å². The monoisotopic (exact) mass is 282 g/mol. The third-order valence-electron chi connectivity index (χ3n) is 4.75. The molecular weight excluding hydrogens is 256 g/mol. The molecule has 1 N–H and O–H groups in total. The minimum Gasteiger partial charge on any atom is -0.371 e. The fourth-order valence-electron chi connectivity index (χ4n) is 3.57.